The van der Waals surface area contributed by atoms with Crippen molar-refractivity contribution < 1.29 is 23.9 Å². The number of imide groups is 1. The molecule has 35 heavy (non-hydrogen) atoms. The normalized spacial score (nSPS) is 17.8. The SMILES string of the molecule is CCOc1cc(/C=C2/SC(=O)N(CC(=O)N3CCC(C)CC3)C2=O)ccc1OCc1ccccc1. The Balaban J connectivity index is 1.44. The van der Waals surface area contributed by atoms with Crippen LogP contribution in [-0.2, 0) is 16.2 Å². The first kappa shape index (κ1) is 24.9. The second-order valence-electron chi connectivity index (χ2n) is 8.74. The van der Waals surface area contributed by atoms with Crippen molar-refractivity contribution in [2.24, 2.45) is 5.92 Å². The molecule has 0 N–H and O–H groups in total. The van der Waals surface area contributed by atoms with E-state index in [1.165, 1.54) is 0 Å². The number of amides is 3. The number of thioether (sulfide) groups is 1. The fraction of sp³-hybridized carbons (Fsp3) is 0.370. The van der Waals surface area contributed by atoms with Crippen LogP contribution < -0.4 is 9.47 Å². The first-order valence-electron chi connectivity index (χ1n) is 11.9. The summed E-state index contributed by atoms with van der Waals surface area (Å²) in [6.07, 6.45) is 3.54. The molecule has 2 saturated heterocycles. The van der Waals surface area contributed by atoms with Gasteiger partial charge in [-0.15, -0.1) is 0 Å². The zero-order chi connectivity index (χ0) is 24.8. The van der Waals surface area contributed by atoms with Crippen LogP contribution in [0.1, 0.15) is 37.8 Å². The van der Waals surface area contributed by atoms with Gasteiger partial charge < -0.3 is 14.4 Å². The minimum atomic E-state index is -0.443. The van der Waals surface area contributed by atoms with E-state index in [2.05, 4.69) is 6.92 Å². The smallest absolute Gasteiger partial charge is 0.294 e. The Hall–Kier alpha value is -3.26. The lowest BCUT2D eigenvalue weighted by molar-refractivity contribution is -0.136. The van der Waals surface area contributed by atoms with Crippen molar-refractivity contribution in [3.8, 4) is 11.5 Å². The Labute approximate surface area is 210 Å². The van der Waals surface area contributed by atoms with Gasteiger partial charge >= 0.3 is 0 Å². The molecule has 3 amide bonds. The van der Waals surface area contributed by atoms with Crippen LogP contribution in [0.5, 0.6) is 11.5 Å². The van der Waals surface area contributed by atoms with Gasteiger partial charge in [0.15, 0.2) is 11.5 Å². The van der Waals surface area contributed by atoms with E-state index in [1.54, 1.807) is 23.1 Å². The lowest BCUT2D eigenvalue weighted by Gasteiger charge is -2.31. The topological polar surface area (TPSA) is 76.2 Å². The summed E-state index contributed by atoms with van der Waals surface area (Å²) < 4.78 is 11.7. The molecule has 2 fully saturated rings. The molecule has 2 aromatic carbocycles. The quantitative estimate of drug-likeness (QED) is 0.483. The van der Waals surface area contributed by atoms with Crippen molar-refractivity contribution in [3.05, 3.63) is 64.6 Å². The van der Waals surface area contributed by atoms with Gasteiger partial charge in [-0.05, 0) is 66.8 Å². The van der Waals surface area contributed by atoms with Crippen LogP contribution in [0.3, 0.4) is 0 Å². The van der Waals surface area contributed by atoms with E-state index in [4.69, 9.17) is 9.47 Å². The van der Waals surface area contributed by atoms with E-state index >= 15 is 0 Å². The third-order valence-corrected chi connectivity index (χ3v) is 7.01. The Morgan fingerprint density at radius 1 is 1.06 bits per heavy atom. The third kappa shape index (κ3) is 6.25. The molecular weight excluding hydrogens is 464 g/mol. The Morgan fingerprint density at radius 2 is 1.80 bits per heavy atom. The number of likely N-dealkylation sites (tertiary alicyclic amines) is 1. The predicted molar refractivity (Wildman–Crippen MR) is 136 cm³/mol. The van der Waals surface area contributed by atoms with Crippen LogP contribution in [0.4, 0.5) is 4.79 Å². The molecule has 0 spiro atoms. The first-order chi connectivity index (χ1) is 16.9. The van der Waals surface area contributed by atoms with E-state index in [1.807, 2.05) is 43.3 Å². The fourth-order valence-electron chi connectivity index (χ4n) is 4.02. The van der Waals surface area contributed by atoms with Gasteiger partial charge in [-0.2, -0.15) is 0 Å². The highest BCUT2D eigenvalue weighted by Gasteiger charge is 2.37. The highest BCUT2D eigenvalue weighted by Crippen LogP contribution is 2.35. The van der Waals surface area contributed by atoms with Gasteiger partial charge in [-0.1, -0.05) is 43.3 Å². The van der Waals surface area contributed by atoms with E-state index < -0.39 is 11.1 Å². The lowest BCUT2D eigenvalue weighted by Crippen LogP contribution is -2.45. The van der Waals surface area contributed by atoms with Gasteiger partial charge in [0.25, 0.3) is 11.1 Å². The minimum Gasteiger partial charge on any atom is -0.490 e. The number of benzene rings is 2. The van der Waals surface area contributed by atoms with Crippen LogP contribution in [0.15, 0.2) is 53.4 Å². The van der Waals surface area contributed by atoms with Crippen molar-refractivity contribution in [1.29, 1.82) is 0 Å². The predicted octanol–water partition coefficient (Wildman–Crippen LogP) is 4.96. The maximum atomic E-state index is 12.9. The summed E-state index contributed by atoms with van der Waals surface area (Å²) in [4.78, 5) is 41.2. The second kappa shape index (κ2) is 11.4. The summed E-state index contributed by atoms with van der Waals surface area (Å²) in [5.41, 5.74) is 1.75. The summed E-state index contributed by atoms with van der Waals surface area (Å²) >= 11 is 0.852. The molecule has 2 aliphatic rings. The second-order valence-corrected chi connectivity index (χ2v) is 9.74. The largest absolute Gasteiger partial charge is 0.490 e. The number of piperidine rings is 1. The zero-order valence-corrected chi connectivity index (χ0v) is 20.9. The molecule has 2 aromatic rings. The molecule has 0 aliphatic carbocycles. The third-order valence-electron chi connectivity index (χ3n) is 6.11. The number of hydrogen-bond donors (Lipinski definition) is 0. The Kier molecular flexibility index (Phi) is 8.13. The number of carbonyl (C=O) groups is 3. The number of ether oxygens (including phenoxy) is 2. The number of hydrogen-bond acceptors (Lipinski definition) is 6. The Bertz CT molecular complexity index is 1110. The van der Waals surface area contributed by atoms with Crippen LogP contribution in [0, 0.1) is 5.92 Å². The monoisotopic (exact) mass is 494 g/mol. The molecule has 0 atom stereocenters. The molecule has 0 radical (unpaired) electrons. The van der Waals surface area contributed by atoms with Crippen LogP contribution in [0.25, 0.3) is 6.08 Å². The van der Waals surface area contributed by atoms with Gasteiger partial charge in [0, 0.05) is 13.1 Å². The molecule has 8 heteroatoms. The van der Waals surface area contributed by atoms with Crippen molar-refractivity contribution >= 4 is 34.9 Å². The maximum Gasteiger partial charge on any atom is 0.294 e. The van der Waals surface area contributed by atoms with Gasteiger partial charge in [0.1, 0.15) is 13.2 Å². The van der Waals surface area contributed by atoms with E-state index in [0.29, 0.717) is 49.3 Å². The number of rotatable bonds is 8. The number of carbonyl (C=O) groups excluding carboxylic acids is 3. The maximum absolute atomic E-state index is 12.9. The summed E-state index contributed by atoms with van der Waals surface area (Å²) in [6.45, 7) is 6.05. The van der Waals surface area contributed by atoms with Crippen LogP contribution in [-0.4, -0.2) is 53.1 Å². The van der Waals surface area contributed by atoms with Crippen LogP contribution >= 0.6 is 11.8 Å². The molecule has 2 heterocycles. The molecular formula is C27H30N2O5S. The van der Waals surface area contributed by atoms with E-state index in [0.717, 1.165) is 35.1 Å². The summed E-state index contributed by atoms with van der Waals surface area (Å²) in [6, 6.07) is 15.2. The van der Waals surface area contributed by atoms with Crippen molar-refractivity contribution in [1.82, 2.24) is 9.80 Å². The summed E-state index contributed by atoms with van der Waals surface area (Å²) in [5.74, 6) is 1.13. The molecule has 0 unspecified atom stereocenters. The van der Waals surface area contributed by atoms with E-state index in [9.17, 15) is 14.4 Å². The van der Waals surface area contributed by atoms with Gasteiger partial charge in [0.05, 0.1) is 11.5 Å². The number of nitrogens with zero attached hydrogens (tertiary/aromatic N) is 2. The lowest BCUT2D eigenvalue weighted by atomic mass is 9.99. The summed E-state index contributed by atoms with van der Waals surface area (Å²) in [5, 5.41) is -0.423. The van der Waals surface area contributed by atoms with Gasteiger partial charge in [-0.25, -0.2) is 0 Å². The van der Waals surface area contributed by atoms with Crippen molar-refractivity contribution in [2.45, 2.75) is 33.3 Å². The Morgan fingerprint density at radius 3 is 2.51 bits per heavy atom. The average molecular weight is 495 g/mol. The summed E-state index contributed by atoms with van der Waals surface area (Å²) in [7, 11) is 0. The van der Waals surface area contributed by atoms with Crippen molar-refractivity contribution in [3.63, 3.8) is 0 Å². The molecule has 7 nitrogen and oxygen atoms in total. The molecule has 4 rings (SSSR count). The van der Waals surface area contributed by atoms with Crippen LogP contribution in [0.2, 0.25) is 0 Å². The molecule has 0 bridgehead atoms. The fourth-order valence-corrected chi connectivity index (χ4v) is 4.86. The minimum absolute atomic E-state index is 0.181. The molecule has 2 aliphatic heterocycles. The molecule has 0 saturated carbocycles. The highest BCUT2D eigenvalue weighted by atomic mass is 32.2. The van der Waals surface area contributed by atoms with E-state index in [-0.39, 0.29) is 17.4 Å². The average Bonchev–Trinajstić information content (AvgIpc) is 3.12. The molecule has 184 valence electrons. The van der Waals surface area contributed by atoms with Gasteiger partial charge in [0.2, 0.25) is 5.91 Å². The first-order valence-corrected chi connectivity index (χ1v) is 12.7. The van der Waals surface area contributed by atoms with Crippen molar-refractivity contribution in [2.75, 3.05) is 26.2 Å². The van der Waals surface area contributed by atoms with Gasteiger partial charge in [-0.3, -0.25) is 19.3 Å². The molecule has 0 aromatic heterocycles. The standard InChI is InChI=1S/C27H30N2O5S/c1-3-33-23-15-21(9-10-22(23)34-18-20-7-5-4-6-8-20)16-24-26(31)29(27(32)35-24)17-25(30)28-13-11-19(2)12-14-28/h4-10,15-16,19H,3,11-14,17-18H2,1-2H3/b24-16+. The highest BCUT2D eigenvalue weighted by molar-refractivity contribution is 8.18. The zero-order valence-electron chi connectivity index (χ0n) is 20.1.